The molecule has 0 aliphatic carbocycles. The lowest BCUT2D eigenvalue weighted by molar-refractivity contribution is -0.120. The lowest BCUT2D eigenvalue weighted by Crippen LogP contribution is -2.26. The average Bonchev–Trinajstić information content (AvgIpc) is 3.17. The normalized spacial score (nSPS) is 10.8. The second-order valence-corrected chi connectivity index (χ2v) is 6.39. The Bertz CT molecular complexity index is 825. The summed E-state index contributed by atoms with van der Waals surface area (Å²) < 4.78 is 14.8. The standard InChI is InChI=1S/C17H17FN4OS/c1-22-7-6-19-15(22)10-20-16(23)9-14-11-24-17(21-14)8-12-2-4-13(18)5-3-12/h2-7,11H,8-10H2,1H3,(H,20,23). The third kappa shape index (κ3) is 4.26. The maximum absolute atomic E-state index is 12.9. The first-order chi connectivity index (χ1) is 11.6. The number of aromatic nitrogens is 3. The van der Waals surface area contributed by atoms with Crippen LogP contribution in [-0.2, 0) is 31.2 Å². The molecule has 0 unspecified atom stereocenters. The second-order valence-electron chi connectivity index (χ2n) is 5.44. The minimum Gasteiger partial charge on any atom is -0.349 e. The molecule has 1 N–H and O–H groups in total. The molecule has 1 aromatic carbocycles. The minimum atomic E-state index is -0.247. The average molecular weight is 344 g/mol. The van der Waals surface area contributed by atoms with Crippen molar-refractivity contribution in [3.63, 3.8) is 0 Å². The van der Waals surface area contributed by atoms with Crippen molar-refractivity contribution in [3.05, 3.63) is 69.9 Å². The number of aryl methyl sites for hydroxylation is 1. The van der Waals surface area contributed by atoms with Gasteiger partial charge < -0.3 is 9.88 Å². The minimum absolute atomic E-state index is 0.0865. The lowest BCUT2D eigenvalue weighted by atomic mass is 10.1. The van der Waals surface area contributed by atoms with Crippen molar-refractivity contribution >= 4 is 17.2 Å². The molecule has 0 atom stereocenters. The van der Waals surface area contributed by atoms with E-state index in [-0.39, 0.29) is 18.1 Å². The quantitative estimate of drug-likeness (QED) is 0.747. The van der Waals surface area contributed by atoms with Crippen molar-refractivity contribution < 1.29 is 9.18 Å². The Morgan fingerprint density at radius 2 is 2.12 bits per heavy atom. The van der Waals surface area contributed by atoms with Gasteiger partial charge in [-0.3, -0.25) is 4.79 Å². The Labute approximate surface area is 143 Å². The van der Waals surface area contributed by atoms with Crippen molar-refractivity contribution in [2.24, 2.45) is 7.05 Å². The Balaban J connectivity index is 1.52. The summed E-state index contributed by atoms with van der Waals surface area (Å²) in [6.45, 7) is 0.398. The Kier molecular flexibility index (Phi) is 5.00. The van der Waals surface area contributed by atoms with E-state index in [9.17, 15) is 9.18 Å². The van der Waals surface area contributed by atoms with E-state index in [2.05, 4.69) is 15.3 Å². The van der Waals surface area contributed by atoms with Gasteiger partial charge in [0, 0.05) is 31.2 Å². The highest BCUT2D eigenvalue weighted by atomic mass is 32.1. The van der Waals surface area contributed by atoms with Crippen LogP contribution in [-0.4, -0.2) is 20.4 Å². The van der Waals surface area contributed by atoms with Crippen LogP contribution in [0.1, 0.15) is 22.1 Å². The van der Waals surface area contributed by atoms with Crippen molar-refractivity contribution in [1.82, 2.24) is 19.9 Å². The van der Waals surface area contributed by atoms with Gasteiger partial charge in [0.25, 0.3) is 0 Å². The number of carbonyl (C=O) groups excluding carboxylic acids is 1. The summed E-state index contributed by atoms with van der Waals surface area (Å²) in [5.74, 6) is 0.471. The maximum Gasteiger partial charge on any atom is 0.226 e. The lowest BCUT2D eigenvalue weighted by Gasteiger charge is -2.04. The molecule has 0 bridgehead atoms. The number of nitrogens with zero attached hydrogens (tertiary/aromatic N) is 3. The number of benzene rings is 1. The molecule has 3 rings (SSSR count). The molecule has 0 radical (unpaired) electrons. The Morgan fingerprint density at radius 3 is 2.83 bits per heavy atom. The highest BCUT2D eigenvalue weighted by molar-refractivity contribution is 7.09. The highest BCUT2D eigenvalue weighted by Crippen LogP contribution is 2.15. The van der Waals surface area contributed by atoms with E-state index in [1.54, 1.807) is 18.3 Å². The van der Waals surface area contributed by atoms with Crippen molar-refractivity contribution in [1.29, 1.82) is 0 Å². The van der Waals surface area contributed by atoms with E-state index in [1.807, 2.05) is 23.2 Å². The molecule has 0 aliphatic rings. The second kappa shape index (κ2) is 7.35. The molecule has 124 valence electrons. The molecule has 0 spiro atoms. The zero-order valence-corrected chi connectivity index (χ0v) is 14.0. The number of nitrogens with one attached hydrogen (secondary N) is 1. The van der Waals surface area contributed by atoms with Crippen molar-refractivity contribution in [2.75, 3.05) is 0 Å². The summed E-state index contributed by atoms with van der Waals surface area (Å²) in [5.41, 5.74) is 1.74. The van der Waals surface area contributed by atoms with Crippen LogP contribution in [0, 0.1) is 5.82 Å². The predicted octanol–water partition coefficient (Wildman–Crippen LogP) is 2.47. The topological polar surface area (TPSA) is 59.8 Å². The molecule has 5 nitrogen and oxygen atoms in total. The summed E-state index contributed by atoms with van der Waals surface area (Å²) in [5, 5.41) is 5.64. The molecule has 1 amide bonds. The van der Waals surface area contributed by atoms with Gasteiger partial charge >= 0.3 is 0 Å². The molecule has 2 heterocycles. The number of imidazole rings is 1. The third-order valence-corrected chi connectivity index (χ3v) is 4.47. The summed E-state index contributed by atoms with van der Waals surface area (Å²) >= 11 is 1.51. The van der Waals surface area contributed by atoms with Crippen molar-refractivity contribution in [2.45, 2.75) is 19.4 Å². The zero-order chi connectivity index (χ0) is 16.9. The van der Waals surface area contributed by atoms with E-state index in [0.717, 1.165) is 22.1 Å². The van der Waals surface area contributed by atoms with Gasteiger partial charge in [-0.15, -0.1) is 11.3 Å². The fraction of sp³-hybridized carbons (Fsp3) is 0.235. The number of thiazole rings is 1. The van der Waals surface area contributed by atoms with Crippen molar-refractivity contribution in [3.8, 4) is 0 Å². The summed E-state index contributed by atoms with van der Waals surface area (Å²) in [7, 11) is 1.89. The SMILES string of the molecule is Cn1ccnc1CNC(=O)Cc1csc(Cc2ccc(F)cc2)n1. The molecule has 0 saturated carbocycles. The van der Waals surface area contributed by atoms with Crippen LogP contribution < -0.4 is 5.32 Å². The van der Waals surface area contributed by atoms with Gasteiger partial charge in [0.2, 0.25) is 5.91 Å². The zero-order valence-electron chi connectivity index (χ0n) is 13.2. The van der Waals surface area contributed by atoms with Crippen LogP contribution in [0.3, 0.4) is 0 Å². The van der Waals surface area contributed by atoms with Gasteiger partial charge in [0.1, 0.15) is 11.6 Å². The molecule has 0 saturated heterocycles. The number of hydrogen-bond acceptors (Lipinski definition) is 4. The van der Waals surface area contributed by atoms with Crippen LogP contribution >= 0.6 is 11.3 Å². The molecule has 3 aromatic rings. The Hall–Kier alpha value is -2.54. The van der Waals surface area contributed by atoms with Crippen LogP contribution in [0.5, 0.6) is 0 Å². The Morgan fingerprint density at radius 1 is 1.33 bits per heavy atom. The number of rotatable bonds is 6. The summed E-state index contributed by atoms with van der Waals surface area (Å²) in [4.78, 5) is 20.6. The van der Waals surface area contributed by atoms with Gasteiger partial charge in [-0.05, 0) is 17.7 Å². The van der Waals surface area contributed by atoms with Crippen LogP contribution in [0.15, 0.2) is 42.0 Å². The van der Waals surface area contributed by atoms with Gasteiger partial charge in [0.15, 0.2) is 0 Å². The molecule has 0 aliphatic heterocycles. The van der Waals surface area contributed by atoms with E-state index < -0.39 is 0 Å². The van der Waals surface area contributed by atoms with Gasteiger partial charge in [0.05, 0.1) is 23.7 Å². The van der Waals surface area contributed by atoms with Crippen LogP contribution in [0.2, 0.25) is 0 Å². The molecule has 2 aromatic heterocycles. The first-order valence-electron chi connectivity index (χ1n) is 7.51. The first-order valence-corrected chi connectivity index (χ1v) is 8.39. The summed E-state index contributed by atoms with van der Waals surface area (Å²) in [6.07, 6.45) is 4.41. The van der Waals surface area contributed by atoms with Crippen LogP contribution in [0.25, 0.3) is 0 Å². The predicted molar refractivity (Wildman–Crippen MR) is 90.1 cm³/mol. The third-order valence-electron chi connectivity index (χ3n) is 3.57. The monoisotopic (exact) mass is 344 g/mol. The summed E-state index contributed by atoms with van der Waals surface area (Å²) in [6, 6.07) is 6.37. The number of amides is 1. The fourth-order valence-corrected chi connectivity index (χ4v) is 3.09. The van der Waals surface area contributed by atoms with E-state index in [4.69, 9.17) is 0 Å². The van der Waals surface area contributed by atoms with Gasteiger partial charge in [-0.2, -0.15) is 0 Å². The van der Waals surface area contributed by atoms with Crippen LogP contribution in [0.4, 0.5) is 4.39 Å². The van der Waals surface area contributed by atoms with E-state index in [0.29, 0.717) is 13.0 Å². The number of hydrogen-bond donors (Lipinski definition) is 1. The number of halogens is 1. The highest BCUT2D eigenvalue weighted by Gasteiger charge is 2.09. The van der Waals surface area contributed by atoms with E-state index in [1.165, 1.54) is 23.5 Å². The maximum atomic E-state index is 12.9. The molecule has 24 heavy (non-hydrogen) atoms. The van der Waals surface area contributed by atoms with Gasteiger partial charge in [-0.1, -0.05) is 12.1 Å². The van der Waals surface area contributed by atoms with E-state index >= 15 is 0 Å². The van der Waals surface area contributed by atoms with Gasteiger partial charge in [-0.25, -0.2) is 14.4 Å². The largest absolute Gasteiger partial charge is 0.349 e. The first kappa shape index (κ1) is 16.3. The smallest absolute Gasteiger partial charge is 0.226 e. The molecular formula is C17H17FN4OS. The fourth-order valence-electron chi connectivity index (χ4n) is 2.26. The molecule has 7 heteroatoms. The molecule has 0 fully saturated rings. The molecular weight excluding hydrogens is 327 g/mol. The number of carbonyl (C=O) groups is 1.